The van der Waals surface area contributed by atoms with Gasteiger partial charge in [0, 0.05) is 0 Å². The van der Waals surface area contributed by atoms with E-state index in [2.05, 4.69) is 10.1 Å². The third-order valence-electron chi connectivity index (χ3n) is 1.49. The number of oxime groups is 1. The largest absolute Gasteiger partial charge is 0.396 e. The number of aliphatic imine (C=N–C) groups is 1. The summed E-state index contributed by atoms with van der Waals surface area (Å²) in [6, 6.07) is 0. The van der Waals surface area contributed by atoms with E-state index in [4.69, 9.17) is 16.4 Å². The Morgan fingerprint density at radius 3 is 3.14 bits per heavy atom. The van der Waals surface area contributed by atoms with E-state index in [1.165, 1.54) is 6.08 Å². The number of carbonyl (C=O) groups excluding carboxylic acids is 1. The molecule has 0 amide bonds. The fourth-order valence-electron chi connectivity index (χ4n) is 0.899. The second-order valence-corrected chi connectivity index (χ2v) is 2.94. The van der Waals surface area contributed by atoms with Crippen molar-refractivity contribution in [2.45, 2.75) is 12.3 Å². The molecule has 0 heterocycles. The molecule has 0 spiro atoms. The first kappa shape index (κ1) is 10.7. The van der Waals surface area contributed by atoms with Crippen LogP contribution in [0, 0.1) is 0 Å². The van der Waals surface area contributed by atoms with Crippen molar-refractivity contribution in [1.82, 2.24) is 0 Å². The lowest BCUT2D eigenvalue weighted by atomic mass is 10.1. The summed E-state index contributed by atoms with van der Waals surface area (Å²) < 4.78 is 0. The number of hydrogen-bond acceptors (Lipinski definition) is 4. The molecular formula is C9H9ClN2O2. The molecule has 0 aromatic rings. The van der Waals surface area contributed by atoms with E-state index in [0.717, 1.165) is 0 Å². The van der Waals surface area contributed by atoms with Gasteiger partial charge in [-0.3, -0.25) is 0 Å². The monoisotopic (exact) mass is 212 g/mol. The Kier molecular flexibility index (Phi) is 4.11. The van der Waals surface area contributed by atoms with Gasteiger partial charge in [-0.25, -0.2) is 4.79 Å². The van der Waals surface area contributed by atoms with Gasteiger partial charge < -0.3 is 4.84 Å². The van der Waals surface area contributed by atoms with Crippen LogP contribution in [-0.4, -0.2) is 23.8 Å². The molecule has 0 N–H and O–H groups in total. The predicted octanol–water partition coefficient (Wildman–Crippen LogP) is 1.78. The molecule has 0 aliphatic heterocycles. The molecule has 0 saturated carbocycles. The van der Waals surface area contributed by atoms with Crippen molar-refractivity contribution in [2.75, 3.05) is 6.61 Å². The van der Waals surface area contributed by atoms with Crippen molar-refractivity contribution >= 4 is 23.4 Å². The number of isocyanates is 1. The van der Waals surface area contributed by atoms with Gasteiger partial charge in [-0.05, 0) is 19.1 Å². The van der Waals surface area contributed by atoms with E-state index >= 15 is 0 Å². The quantitative estimate of drug-likeness (QED) is 0.310. The van der Waals surface area contributed by atoms with Gasteiger partial charge in [-0.1, -0.05) is 11.2 Å². The first-order valence-corrected chi connectivity index (χ1v) is 4.53. The van der Waals surface area contributed by atoms with Crippen LogP contribution in [0.3, 0.4) is 0 Å². The topological polar surface area (TPSA) is 51.0 Å². The van der Waals surface area contributed by atoms with Crippen LogP contribution in [-0.2, 0) is 9.63 Å². The van der Waals surface area contributed by atoms with Gasteiger partial charge >= 0.3 is 0 Å². The molecule has 0 aromatic carbocycles. The number of rotatable bonds is 3. The van der Waals surface area contributed by atoms with Crippen LogP contribution in [0.4, 0.5) is 0 Å². The van der Waals surface area contributed by atoms with Gasteiger partial charge in [0.2, 0.25) is 6.08 Å². The third kappa shape index (κ3) is 2.83. The summed E-state index contributed by atoms with van der Waals surface area (Å²) in [6.07, 6.45) is 6.34. The first-order valence-electron chi connectivity index (χ1n) is 4.09. The molecule has 0 fully saturated rings. The van der Waals surface area contributed by atoms with Crippen molar-refractivity contribution in [1.29, 1.82) is 0 Å². The Morgan fingerprint density at radius 1 is 1.71 bits per heavy atom. The smallest absolute Gasteiger partial charge is 0.240 e. The molecule has 1 rings (SSSR count). The second kappa shape index (κ2) is 5.37. The summed E-state index contributed by atoms with van der Waals surface area (Å²) in [5, 5.41) is 3.44. The van der Waals surface area contributed by atoms with E-state index < -0.39 is 0 Å². The van der Waals surface area contributed by atoms with Crippen molar-refractivity contribution < 1.29 is 9.63 Å². The predicted molar refractivity (Wildman–Crippen MR) is 54.0 cm³/mol. The van der Waals surface area contributed by atoms with Crippen molar-refractivity contribution in [2.24, 2.45) is 10.1 Å². The fourth-order valence-corrected chi connectivity index (χ4v) is 1.07. The van der Waals surface area contributed by atoms with Crippen molar-refractivity contribution in [3.8, 4) is 0 Å². The normalized spacial score (nSPS) is 22.9. The minimum absolute atomic E-state index is 0.341. The molecular weight excluding hydrogens is 204 g/mol. The maximum atomic E-state index is 10.0. The summed E-state index contributed by atoms with van der Waals surface area (Å²) >= 11 is 5.90. The minimum Gasteiger partial charge on any atom is -0.396 e. The Balaban J connectivity index is 2.84. The Hall–Kier alpha value is -1.38. The molecule has 74 valence electrons. The highest BCUT2D eigenvalue weighted by atomic mass is 35.5. The second-order valence-electron chi connectivity index (χ2n) is 2.47. The van der Waals surface area contributed by atoms with Gasteiger partial charge in [0.25, 0.3) is 0 Å². The summed E-state index contributed by atoms with van der Waals surface area (Å²) in [5.74, 6) is 0. The average Bonchev–Trinajstić information content (AvgIpc) is 2.19. The summed E-state index contributed by atoms with van der Waals surface area (Å²) in [4.78, 5) is 18.3. The lowest BCUT2D eigenvalue weighted by Gasteiger charge is -2.09. The molecule has 5 heteroatoms. The van der Waals surface area contributed by atoms with Crippen LogP contribution >= 0.6 is 11.6 Å². The van der Waals surface area contributed by atoms with Gasteiger partial charge in [0.1, 0.15) is 12.3 Å². The zero-order valence-electron chi connectivity index (χ0n) is 7.61. The molecule has 1 aliphatic rings. The van der Waals surface area contributed by atoms with Crippen LogP contribution in [0.1, 0.15) is 6.92 Å². The summed E-state index contributed by atoms with van der Waals surface area (Å²) in [7, 11) is 0. The molecule has 1 atom stereocenters. The van der Waals surface area contributed by atoms with E-state index in [-0.39, 0.29) is 5.38 Å². The molecule has 0 radical (unpaired) electrons. The summed E-state index contributed by atoms with van der Waals surface area (Å²) in [5.41, 5.74) is 1.00. The zero-order chi connectivity index (χ0) is 10.4. The standard InChI is InChI=1S/C9H9ClN2O2/c1-2-14-12-9-5-7(11-6-13)3-4-8(9)10/h3-5,8H,2H2,1H3/b12-9-. The van der Waals surface area contributed by atoms with Gasteiger partial charge in [0.15, 0.2) is 0 Å². The molecule has 14 heavy (non-hydrogen) atoms. The van der Waals surface area contributed by atoms with Crippen molar-refractivity contribution in [3.63, 3.8) is 0 Å². The van der Waals surface area contributed by atoms with E-state index in [1.807, 2.05) is 6.92 Å². The Labute approximate surface area is 86.6 Å². The third-order valence-corrected chi connectivity index (χ3v) is 1.86. The Morgan fingerprint density at radius 2 is 2.50 bits per heavy atom. The molecule has 4 nitrogen and oxygen atoms in total. The maximum Gasteiger partial charge on any atom is 0.240 e. The lowest BCUT2D eigenvalue weighted by Crippen LogP contribution is -2.13. The number of alkyl halides is 1. The van der Waals surface area contributed by atoms with E-state index in [9.17, 15) is 4.79 Å². The SMILES string of the molecule is CCO/N=C1/C=C(N=C=O)C=CC1Cl. The van der Waals surface area contributed by atoms with Gasteiger partial charge in [0.05, 0.1) is 11.1 Å². The molecule has 1 aliphatic carbocycles. The van der Waals surface area contributed by atoms with Gasteiger partial charge in [-0.15, -0.1) is 11.6 Å². The molecule has 0 saturated heterocycles. The highest BCUT2D eigenvalue weighted by molar-refractivity contribution is 6.35. The highest BCUT2D eigenvalue weighted by Crippen LogP contribution is 2.14. The first-order chi connectivity index (χ1) is 6.77. The number of hydrogen-bond donors (Lipinski definition) is 0. The minimum atomic E-state index is -0.341. The maximum absolute atomic E-state index is 10.0. The molecule has 0 bridgehead atoms. The van der Waals surface area contributed by atoms with E-state index in [1.54, 1.807) is 18.2 Å². The van der Waals surface area contributed by atoms with Gasteiger partial charge in [-0.2, -0.15) is 4.99 Å². The van der Waals surface area contributed by atoms with Crippen molar-refractivity contribution in [3.05, 3.63) is 23.9 Å². The van der Waals surface area contributed by atoms with E-state index in [0.29, 0.717) is 18.0 Å². The number of allylic oxidation sites excluding steroid dienone is 3. The Bertz CT molecular complexity index is 341. The lowest BCUT2D eigenvalue weighted by molar-refractivity contribution is 0.158. The fraction of sp³-hybridized carbons (Fsp3) is 0.333. The zero-order valence-corrected chi connectivity index (χ0v) is 8.36. The molecule has 1 unspecified atom stereocenters. The highest BCUT2D eigenvalue weighted by Gasteiger charge is 2.13. The molecule has 0 aromatic heterocycles. The van der Waals surface area contributed by atoms with Crippen LogP contribution < -0.4 is 0 Å². The number of halogens is 1. The van der Waals surface area contributed by atoms with Crippen LogP contribution in [0.15, 0.2) is 34.1 Å². The van der Waals surface area contributed by atoms with Crippen LogP contribution in [0.2, 0.25) is 0 Å². The summed E-state index contributed by atoms with van der Waals surface area (Å²) in [6.45, 7) is 2.29. The average molecular weight is 213 g/mol. The van der Waals surface area contributed by atoms with Crippen LogP contribution in [0.25, 0.3) is 0 Å². The van der Waals surface area contributed by atoms with Crippen LogP contribution in [0.5, 0.6) is 0 Å². The number of nitrogens with zero attached hydrogens (tertiary/aromatic N) is 2.